The molecule has 106 valence electrons. The Morgan fingerprint density at radius 1 is 1.29 bits per heavy atom. The highest BCUT2D eigenvalue weighted by molar-refractivity contribution is 7.09. The molecule has 0 fully saturated rings. The Balaban J connectivity index is 1.82. The summed E-state index contributed by atoms with van der Waals surface area (Å²) in [4.78, 5) is 16.5. The first-order valence-electron chi connectivity index (χ1n) is 6.48. The summed E-state index contributed by atoms with van der Waals surface area (Å²) in [6, 6.07) is 9.34. The molecule has 5 nitrogen and oxygen atoms in total. The van der Waals surface area contributed by atoms with Gasteiger partial charge in [0.1, 0.15) is 0 Å². The zero-order valence-electron chi connectivity index (χ0n) is 11.7. The van der Waals surface area contributed by atoms with E-state index in [1.54, 1.807) is 17.4 Å². The van der Waals surface area contributed by atoms with Crippen LogP contribution in [0.4, 0.5) is 5.69 Å². The molecule has 0 unspecified atom stereocenters. The Kier molecular flexibility index (Phi) is 3.53. The zero-order valence-corrected chi connectivity index (χ0v) is 12.5. The van der Waals surface area contributed by atoms with Gasteiger partial charge in [-0.15, -0.1) is 11.3 Å². The summed E-state index contributed by atoms with van der Waals surface area (Å²) in [6.07, 6.45) is 0. The fourth-order valence-electron chi connectivity index (χ4n) is 1.98. The SMILES string of the molecule is Cc1cc(C(=O)Nc2cccc(-c3csc(C)n3)c2)n[nH]1. The lowest BCUT2D eigenvalue weighted by Crippen LogP contribution is -2.12. The smallest absolute Gasteiger partial charge is 0.276 e. The second kappa shape index (κ2) is 5.49. The monoisotopic (exact) mass is 298 g/mol. The molecule has 0 spiro atoms. The van der Waals surface area contributed by atoms with E-state index < -0.39 is 0 Å². The number of rotatable bonds is 3. The molecular weight excluding hydrogens is 284 g/mol. The van der Waals surface area contributed by atoms with Crippen molar-refractivity contribution in [1.82, 2.24) is 15.2 Å². The fraction of sp³-hybridized carbons (Fsp3) is 0.133. The van der Waals surface area contributed by atoms with Gasteiger partial charge in [-0.2, -0.15) is 5.10 Å². The number of nitrogens with zero attached hydrogens (tertiary/aromatic N) is 2. The molecule has 3 rings (SSSR count). The summed E-state index contributed by atoms with van der Waals surface area (Å²) in [5.74, 6) is -0.231. The minimum atomic E-state index is -0.231. The molecule has 2 heterocycles. The van der Waals surface area contributed by atoms with Crippen LogP contribution in [-0.4, -0.2) is 21.1 Å². The molecule has 0 aliphatic carbocycles. The molecule has 21 heavy (non-hydrogen) atoms. The minimum absolute atomic E-state index is 0.231. The number of carbonyl (C=O) groups excluding carboxylic acids is 1. The molecule has 6 heteroatoms. The number of amides is 1. The molecule has 2 N–H and O–H groups in total. The first-order valence-corrected chi connectivity index (χ1v) is 7.36. The van der Waals surface area contributed by atoms with E-state index in [4.69, 9.17) is 0 Å². The maximum absolute atomic E-state index is 12.1. The minimum Gasteiger partial charge on any atom is -0.321 e. The Morgan fingerprint density at radius 3 is 2.81 bits per heavy atom. The lowest BCUT2D eigenvalue weighted by molar-refractivity contribution is 0.102. The van der Waals surface area contributed by atoms with Crippen LogP contribution in [0, 0.1) is 13.8 Å². The number of H-pyrrole nitrogens is 1. The van der Waals surface area contributed by atoms with Crippen molar-refractivity contribution in [3.8, 4) is 11.3 Å². The van der Waals surface area contributed by atoms with Crippen LogP contribution in [-0.2, 0) is 0 Å². The number of aromatic nitrogens is 3. The fourth-order valence-corrected chi connectivity index (χ4v) is 2.60. The van der Waals surface area contributed by atoms with Gasteiger partial charge >= 0.3 is 0 Å². The third-order valence-corrected chi connectivity index (χ3v) is 3.75. The molecule has 3 aromatic rings. The third kappa shape index (κ3) is 3.00. The lowest BCUT2D eigenvalue weighted by Gasteiger charge is -2.05. The number of aryl methyl sites for hydroxylation is 2. The normalized spacial score (nSPS) is 10.6. The van der Waals surface area contributed by atoms with Crippen molar-refractivity contribution in [2.45, 2.75) is 13.8 Å². The van der Waals surface area contributed by atoms with Gasteiger partial charge < -0.3 is 5.32 Å². The largest absolute Gasteiger partial charge is 0.321 e. The summed E-state index contributed by atoms with van der Waals surface area (Å²) >= 11 is 1.61. The van der Waals surface area contributed by atoms with E-state index in [9.17, 15) is 4.79 Å². The number of aromatic amines is 1. The molecule has 0 saturated carbocycles. The van der Waals surface area contributed by atoms with Crippen molar-refractivity contribution in [2.75, 3.05) is 5.32 Å². The van der Waals surface area contributed by atoms with Crippen molar-refractivity contribution in [3.05, 3.63) is 52.1 Å². The summed E-state index contributed by atoms with van der Waals surface area (Å²) in [7, 11) is 0. The van der Waals surface area contributed by atoms with Gasteiger partial charge in [0.25, 0.3) is 5.91 Å². The first-order chi connectivity index (χ1) is 10.1. The van der Waals surface area contributed by atoms with Gasteiger partial charge in [0.05, 0.1) is 10.7 Å². The molecule has 0 aliphatic rings. The van der Waals surface area contributed by atoms with Crippen LogP contribution in [0.5, 0.6) is 0 Å². The highest BCUT2D eigenvalue weighted by atomic mass is 32.1. The van der Waals surface area contributed by atoms with E-state index in [-0.39, 0.29) is 5.91 Å². The maximum atomic E-state index is 12.1. The lowest BCUT2D eigenvalue weighted by atomic mass is 10.1. The summed E-state index contributed by atoms with van der Waals surface area (Å²) in [5, 5.41) is 12.6. The predicted molar refractivity (Wildman–Crippen MR) is 83.6 cm³/mol. The van der Waals surface area contributed by atoms with Gasteiger partial charge in [-0.3, -0.25) is 9.89 Å². The molecule has 0 atom stereocenters. The van der Waals surface area contributed by atoms with Crippen molar-refractivity contribution < 1.29 is 4.79 Å². The number of benzene rings is 1. The van der Waals surface area contributed by atoms with E-state index in [1.807, 2.05) is 43.5 Å². The first kappa shape index (κ1) is 13.5. The molecule has 0 aliphatic heterocycles. The Hall–Kier alpha value is -2.47. The summed E-state index contributed by atoms with van der Waals surface area (Å²) in [5.41, 5.74) is 3.86. The Bertz CT molecular complexity index is 790. The van der Waals surface area contributed by atoms with Gasteiger partial charge in [-0.1, -0.05) is 12.1 Å². The van der Waals surface area contributed by atoms with Gasteiger partial charge in [0.2, 0.25) is 0 Å². The standard InChI is InChI=1S/C15H14N4OS/c1-9-6-13(19-18-9)15(20)17-12-5-3-4-11(7-12)14-8-21-10(2)16-14/h3-8H,1-2H3,(H,17,20)(H,18,19). The number of hydrogen-bond donors (Lipinski definition) is 2. The van der Waals surface area contributed by atoms with Gasteiger partial charge in [-0.05, 0) is 32.0 Å². The van der Waals surface area contributed by atoms with E-state index >= 15 is 0 Å². The summed E-state index contributed by atoms with van der Waals surface area (Å²) in [6.45, 7) is 3.83. The average molecular weight is 298 g/mol. The van der Waals surface area contributed by atoms with E-state index in [0.717, 1.165) is 27.6 Å². The quantitative estimate of drug-likeness (QED) is 0.778. The second-order valence-corrected chi connectivity index (χ2v) is 5.79. The van der Waals surface area contributed by atoms with Crippen LogP contribution >= 0.6 is 11.3 Å². The molecule has 1 amide bonds. The van der Waals surface area contributed by atoms with Crippen molar-refractivity contribution in [2.24, 2.45) is 0 Å². The Morgan fingerprint density at radius 2 is 2.14 bits per heavy atom. The molecular formula is C15H14N4OS. The van der Waals surface area contributed by atoms with Gasteiger partial charge in [-0.25, -0.2) is 4.98 Å². The molecule has 0 saturated heterocycles. The number of thiazole rings is 1. The topological polar surface area (TPSA) is 70.7 Å². The van der Waals surface area contributed by atoms with Crippen LogP contribution in [0.15, 0.2) is 35.7 Å². The van der Waals surface area contributed by atoms with Crippen LogP contribution in [0.25, 0.3) is 11.3 Å². The van der Waals surface area contributed by atoms with Crippen LogP contribution in [0.2, 0.25) is 0 Å². The van der Waals surface area contributed by atoms with Crippen LogP contribution in [0.1, 0.15) is 21.2 Å². The van der Waals surface area contributed by atoms with E-state index in [1.165, 1.54) is 0 Å². The number of nitrogens with one attached hydrogen (secondary N) is 2. The summed E-state index contributed by atoms with van der Waals surface area (Å²) < 4.78 is 0. The molecule has 0 radical (unpaired) electrons. The maximum Gasteiger partial charge on any atom is 0.276 e. The van der Waals surface area contributed by atoms with Crippen LogP contribution < -0.4 is 5.32 Å². The highest BCUT2D eigenvalue weighted by Gasteiger charge is 2.10. The third-order valence-electron chi connectivity index (χ3n) is 2.97. The zero-order chi connectivity index (χ0) is 14.8. The molecule has 1 aromatic carbocycles. The number of hydrogen-bond acceptors (Lipinski definition) is 4. The highest BCUT2D eigenvalue weighted by Crippen LogP contribution is 2.24. The van der Waals surface area contributed by atoms with Crippen molar-refractivity contribution in [3.63, 3.8) is 0 Å². The van der Waals surface area contributed by atoms with E-state index in [0.29, 0.717) is 5.69 Å². The van der Waals surface area contributed by atoms with Crippen molar-refractivity contribution >= 4 is 22.9 Å². The second-order valence-electron chi connectivity index (χ2n) is 4.72. The number of carbonyl (C=O) groups is 1. The number of anilines is 1. The average Bonchev–Trinajstić information content (AvgIpc) is 3.08. The van der Waals surface area contributed by atoms with Crippen molar-refractivity contribution in [1.29, 1.82) is 0 Å². The molecule has 0 bridgehead atoms. The van der Waals surface area contributed by atoms with Gasteiger partial charge in [0.15, 0.2) is 5.69 Å². The van der Waals surface area contributed by atoms with Gasteiger partial charge in [0, 0.05) is 22.3 Å². The van der Waals surface area contributed by atoms with E-state index in [2.05, 4.69) is 20.5 Å². The Labute approximate surface area is 126 Å². The molecule has 2 aromatic heterocycles. The van der Waals surface area contributed by atoms with Crippen LogP contribution in [0.3, 0.4) is 0 Å². The predicted octanol–water partition coefficient (Wildman–Crippen LogP) is 3.40.